The number of carbonyl (C=O) groups is 4. The summed E-state index contributed by atoms with van der Waals surface area (Å²) in [5, 5.41) is 13.5. The number of alkyl halides is 3. The number of ether oxygens (including phenoxy) is 5. The first kappa shape index (κ1) is 91.5. The van der Waals surface area contributed by atoms with Crippen molar-refractivity contribution in [2.75, 3.05) is 130 Å². The van der Waals surface area contributed by atoms with E-state index in [4.69, 9.17) is 58.5 Å². The van der Waals surface area contributed by atoms with E-state index in [1.807, 2.05) is 147 Å². The maximum absolute atomic E-state index is 13.1. The zero-order valence-corrected chi connectivity index (χ0v) is 67.0. The van der Waals surface area contributed by atoms with E-state index in [0.29, 0.717) is 117 Å². The van der Waals surface area contributed by atoms with Crippen LogP contribution in [0.5, 0.6) is 28.7 Å². The van der Waals surface area contributed by atoms with Gasteiger partial charge in [0.15, 0.2) is 0 Å². The van der Waals surface area contributed by atoms with Gasteiger partial charge in [0.1, 0.15) is 47.5 Å². The molecule has 0 aromatic heterocycles. The molecular weight excluding hydrogens is 1440 g/mol. The average molecular weight is 1550 g/mol. The molecule has 8 aromatic carbocycles. The Balaban J connectivity index is 0.000000304. The number of nitrogens with one attached hydrogen (secondary N) is 4. The fourth-order valence-electron chi connectivity index (χ4n) is 10.8. The van der Waals surface area contributed by atoms with Gasteiger partial charge in [-0.05, 0) is 259 Å². The van der Waals surface area contributed by atoms with Crippen molar-refractivity contribution in [3.8, 4) is 28.7 Å². The average Bonchev–Trinajstić information content (AvgIpc) is 0.840. The lowest BCUT2D eigenvalue weighted by molar-refractivity contribution is -0.138. The van der Waals surface area contributed by atoms with Gasteiger partial charge in [0.25, 0.3) is 23.6 Å². The Bertz CT molecular complexity index is 4190. The minimum Gasteiger partial charge on any atom is -0.493 e. The molecule has 0 atom stereocenters. The second kappa shape index (κ2) is 46.5. The Labute approximate surface area is 653 Å². The van der Waals surface area contributed by atoms with Gasteiger partial charge < -0.3 is 64.6 Å². The number of hydrogen-bond donors (Lipinski definition) is 4. The molecule has 0 heterocycles. The maximum Gasteiger partial charge on any atom is 0.416 e. The molecule has 0 saturated heterocycles. The highest BCUT2D eigenvalue weighted by atomic mass is 35.5. The molecule has 0 radical (unpaired) electrons. The molecule has 0 saturated carbocycles. The van der Waals surface area contributed by atoms with Crippen molar-refractivity contribution in [2.24, 2.45) is 0 Å². The summed E-state index contributed by atoms with van der Waals surface area (Å²) in [4.78, 5) is 59.8. The van der Waals surface area contributed by atoms with Crippen LogP contribution < -0.4 is 45.0 Å². The molecule has 0 aliphatic rings. The zero-order chi connectivity index (χ0) is 78.9. The van der Waals surface area contributed by atoms with E-state index in [1.165, 1.54) is 13.0 Å². The van der Waals surface area contributed by atoms with E-state index in [2.05, 4.69) is 63.8 Å². The van der Waals surface area contributed by atoms with Crippen molar-refractivity contribution >= 4 is 75.5 Å². The largest absolute Gasteiger partial charge is 0.493 e. The van der Waals surface area contributed by atoms with Crippen LogP contribution in [0.2, 0.25) is 15.1 Å². The number of rotatable bonds is 32. The number of carbonyl (C=O) groups excluding carboxylic acids is 4. The van der Waals surface area contributed by atoms with Crippen molar-refractivity contribution in [2.45, 2.75) is 109 Å². The van der Waals surface area contributed by atoms with E-state index in [1.54, 1.807) is 67.6 Å². The van der Waals surface area contributed by atoms with Gasteiger partial charge in [-0.1, -0.05) is 118 Å². The molecule has 4 N–H and O–H groups in total. The van der Waals surface area contributed by atoms with Gasteiger partial charge in [-0.25, -0.2) is 0 Å². The quantitative estimate of drug-likeness (QED) is 0.0293. The third-order valence-electron chi connectivity index (χ3n) is 17.1. The number of amides is 4. The molecule has 0 fully saturated rings. The highest BCUT2D eigenvalue weighted by Crippen LogP contribution is 2.34. The van der Waals surface area contributed by atoms with Gasteiger partial charge in [-0.2, -0.15) is 13.2 Å². The van der Waals surface area contributed by atoms with Crippen molar-refractivity contribution < 1.29 is 56.0 Å². The first-order valence-electron chi connectivity index (χ1n) is 35.8. The summed E-state index contributed by atoms with van der Waals surface area (Å²) >= 11 is 18.1. The first-order valence-corrected chi connectivity index (χ1v) is 37.0. The summed E-state index contributed by atoms with van der Waals surface area (Å²) in [7, 11) is 9.95. The van der Waals surface area contributed by atoms with Gasteiger partial charge in [-0.15, -0.1) is 0 Å². The second-order valence-electron chi connectivity index (χ2n) is 26.1. The Kier molecular flexibility index (Phi) is 39.4. The van der Waals surface area contributed by atoms with Crippen molar-refractivity contribution in [1.82, 2.24) is 24.9 Å². The fraction of sp³-hybridized carbons (Fsp3) is 0.388. The molecule has 0 bridgehead atoms. The van der Waals surface area contributed by atoms with Gasteiger partial charge in [-0.3, -0.25) is 19.2 Å². The minimum atomic E-state index is -4.45. The normalized spacial score (nSPS) is 10.9. The molecule has 0 unspecified atom stereocenters. The number of nitrogens with zero attached hydrogens (tertiary/aromatic N) is 4. The van der Waals surface area contributed by atoms with Crippen LogP contribution in [-0.4, -0.2) is 157 Å². The number of likely N-dealkylation sites (N-methyl/N-ethyl adjacent to an activating group) is 2. The summed E-state index contributed by atoms with van der Waals surface area (Å²) in [5.41, 5.74) is 9.28. The minimum absolute atomic E-state index is 0. The lowest BCUT2D eigenvalue weighted by atomic mass is 10.0. The molecule has 23 heteroatoms. The van der Waals surface area contributed by atoms with E-state index in [9.17, 15) is 32.3 Å². The predicted molar refractivity (Wildman–Crippen MR) is 437 cm³/mol. The standard InChI is InChI=1S/C22H27F3N2O3.2C21H27ClN2O2.C20H25ClN2O2.CH4/c1-5-29-18-7-6-8-19(30-12-11-27(3)4)20(18)21(28)26-14-16-10-9-15(2)17(13-16)22(23,24)25;1-5-24(4)12-7-13-26-19-9-6-8-15(2)20(19)21(25)23-17-10-11-18(22)16(3)14-17;1-5-24(6-2)12-13-26-19-9-7-8-15(3)20(19)21(25)23-17-10-11-18(22)16(4)14-17;1-14-7-5-8-18(25-12-6-11-23(3)4)19(14)20(24)22-16-9-10-17(21)15(2)13-16;/h6-10,13H,5,11-12,14H2,1-4H3,(H,26,28);6,8-11,14H,5,7,12-13H2,1-4H3,(H,23,25);7-11,14H,5-6,12-13H2,1-4H3,(H,23,25);5,7-10,13H,6,11-12H2,1-4H3,(H,22,24);1H4. The summed E-state index contributed by atoms with van der Waals surface area (Å²) < 4.78 is 68.4. The molecule has 0 aliphatic heterocycles. The predicted octanol–water partition coefficient (Wildman–Crippen LogP) is 19.3. The zero-order valence-electron chi connectivity index (χ0n) is 64.7. The van der Waals surface area contributed by atoms with Gasteiger partial charge in [0, 0.05) is 64.9 Å². The monoisotopic (exact) mass is 1550 g/mol. The summed E-state index contributed by atoms with van der Waals surface area (Å²) in [6.45, 7) is 29.8. The highest BCUT2D eigenvalue weighted by Gasteiger charge is 2.33. The Hall–Kier alpha value is -8.86. The smallest absolute Gasteiger partial charge is 0.416 e. The molecule has 8 aromatic rings. The topological polar surface area (TPSA) is 176 Å². The molecule has 586 valence electrons. The third-order valence-corrected chi connectivity index (χ3v) is 18.3. The lowest BCUT2D eigenvalue weighted by Crippen LogP contribution is -2.28. The van der Waals surface area contributed by atoms with Gasteiger partial charge in [0.2, 0.25) is 0 Å². The molecular formula is C85H110Cl3F3N8O9. The van der Waals surface area contributed by atoms with Crippen LogP contribution in [-0.2, 0) is 12.7 Å². The van der Waals surface area contributed by atoms with E-state index >= 15 is 0 Å². The van der Waals surface area contributed by atoms with Crippen LogP contribution >= 0.6 is 34.8 Å². The van der Waals surface area contributed by atoms with Crippen molar-refractivity contribution in [1.29, 1.82) is 0 Å². The van der Waals surface area contributed by atoms with E-state index in [0.717, 1.165) is 97.2 Å². The summed E-state index contributed by atoms with van der Waals surface area (Å²) in [5.74, 6) is 1.55. The lowest BCUT2D eigenvalue weighted by Gasteiger charge is -2.19. The number of aryl methyl sites for hydroxylation is 7. The summed E-state index contributed by atoms with van der Waals surface area (Å²) in [6.07, 6.45) is -2.63. The Morgan fingerprint density at radius 1 is 0.398 bits per heavy atom. The van der Waals surface area contributed by atoms with Crippen molar-refractivity contribution in [3.63, 3.8) is 0 Å². The van der Waals surface area contributed by atoms with E-state index < -0.39 is 17.6 Å². The molecule has 0 aliphatic carbocycles. The Morgan fingerprint density at radius 3 is 1.14 bits per heavy atom. The van der Waals surface area contributed by atoms with E-state index in [-0.39, 0.29) is 42.8 Å². The molecule has 17 nitrogen and oxygen atoms in total. The fourth-order valence-corrected chi connectivity index (χ4v) is 11.1. The van der Waals surface area contributed by atoms with Crippen molar-refractivity contribution in [3.05, 3.63) is 233 Å². The number of hydrogen-bond acceptors (Lipinski definition) is 13. The van der Waals surface area contributed by atoms with Crippen LogP contribution in [0.4, 0.5) is 30.2 Å². The Morgan fingerprint density at radius 2 is 0.769 bits per heavy atom. The van der Waals surface area contributed by atoms with Gasteiger partial charge in [0.05, 0.1) is 42.1 Å². The maximum atomic E-state index is 13.1. The number of halogens is 6. The van der Waals surface area contributed by atoms with Crippen LogP contribution in [0, 0.1) is 48.5 Å². The molecule has 0 spiro atoms. The number of anilines is 3. The first-order chi connectivity index (χ1) is 50.9. The second-order valence-corrected chi connectivity index (χ2v) is 27.3. The van der Waals surface area contributed by atoms with Crippen LogP contribution in [0.3, 0.4) is 0 Å². The molecule has 4 amide bonds. The summed E-state index contributed by atoms with van der Waals surface area (Å²) in [6, 6.07) is 42.4. The number of benzene rings is 8. The molecule has 108 heavy (non-hydrogen) atoms. The van der Waals surface area contributed by atoms with Crippen LogP contribution in [0.15, 0.2) is 146 Å². The molecule has 8 rings (SSSR count). The third kappa shape index (κ3) is 30.0. The highest BCUT2D eigenvalue weighted by molar-refractivity contribution is 6.32. The van der Waals surface area contributed by atoms with Crippen LogP contribution in [0.25, 0.3) is 0 Å². The van der Waals surface area contributed by atoms with Crippen LogP contribution in [0.1, 0.15) is 139 Å². The van der Waals surface area contributed by atoms with Gasteiger partial charge >= 0.3 is 6.18 Å². The SMILES string of the molecule is C.CCN(C)CCCOc1cccc(C)c1C(=O)Nc1ccc(Cl)c(C)c1.CCN(CC)CCOc1cccc(C)c1C(=O)Nc1ccc(Cl)c(C)c1.CCOc1cccc(OCCN(C)C)c1C(=O)NCc1ccc(C)c(C(F)(F)F)c1.Cc1cc(NC(=O)c2c(C)cccc2OCCCN(C)C)ccc1Cl.